The average molecular weight is 229 g/mol. The van der Waals surface area contributed by atoms with Crippen molar-refractivity contribution in [3.05, 3.63) is 35.4 Å². The Morgan fingerprint density at radius 2 is 2.24 bits per heavy atom. The zero-order chi connectivity index (χ0) is 11.5. The van der Waals surface area contributed by atoms with Crippen molar-refractivity contribution >= 4 is 5.91 Å². The third kappa shape index (κ3) is 1.08. The van der Waals surface area contributed by atoms with Crippen LogP contribution in [0.25, 0.3) is 0 Å². The summed E-state index contributed by atoms with van der Waals surface area (Å²) in [5, 5.41) is 3.14. The summed E-state index contributed by atoms with van der Waals surface area (Å²) in [6, 6.07) is 8.08. The molecule has 0 unspecified atom stereocenters. The molecule has 4 rings (SSSR count). The molecule has 1 amide bonds. The predicted molar refractivity (Wildman–Crippen MR) is 62.7 cm³/mol. The molecular weight excluding hydrogens is 214 g/mol. The number of benzene rings is 1. The van der Waals surface area contributed by atoms with Gasteiger partial charge in [-0.2, -0.15) is 0 Å². The third-order valence-electron chi connectivity index (χ3n) is 4.53. The van der Waals surface area contributed by atoms with E-state index in [1.54, 1.807) is 0 Å². The lowest BCUT2D eigenvalue weighted by atomic mass is 9.59. The molecule has 0 radical (unpaired) electrons. The number of rotatable bonds is 0. The van der Waals surface area contributed by atoms with Crippen molar-refractivity contribution in [1.82, 2.24) is 5.32 Å². The van der Waals surface area contributed by atoms with Crippen LogP contribution in [0, 0.1) is 5.92 Å². The van der Waals surface area contributed by atoms with Crippen molar-refractivity contribution in [2.75, 3.05) is 6.61 Å². The molecule has 2 fully saturated rings. The molecule has 1 aliphatic carbocycles. The van der Waals surface area contributed by atoms with Gasteiger partial charge in [-0.3, -0.25) is 4.79 Å². The van der Waals surface area contributed by atoms with Gasteiger partial charge in [-0.15, -0.1) is 0 Å². The Balaban J connectivity index is 1.90. The Kier molecular flexibility index (Phi) is 1.76. The highest BCUT2D eigenvalue weighted by atomic mass is 16.5. The van der Waals surface area contributed by atoms with E-state index in [1.165, 1.54) is 6.42 Å². The average Bonchev–Trinajstić information content (AvgIpc) is 2.67. The zero-order valence-corrected chi connectivity index (χ0v) is 9.61. The summed E-state index contributed by atoms with van der Waals surface area (Å²) in [4.78, 5) is 12.0. The normalized spacial score (nSPS) is 38.2. The molecular formula is C14H15NO2. The highest BCUT2D eigenvalue weighted by molar-refractivity contribution is 5.98. The van der Waals surface area contributed by atoms with Gasteiger partial charge < -0.3 is 10.1 Å². The summed E-state index contributed by atoms with van der Waals surface area (Å²) in [6.45, 7) is 0.817. The monoisotopic (exact) mass is 229 g/mol. The number of ether oxygens (including phenoxy) is 1. The maximum Gasteiger partial charge on any atom is 0.252 e. The lowest BCUT2D eigenvalue weighted by molar-refractivity contribution is -0.144. The van der Waals surface area contributed by atoms with Gasteiger partial charge in [0.1, 0.15) is 5.60 Å². The van der Waals surface area contributed by atoms with Gasteiger partial charge in [0.15, 0.2) is 0 Å². The molecule has 2 heterocycles. The largest absolute Gasteiger partial charge is 0.368 e. The number of fused-ring (bicyclic) bond motifs is 1. The Morgan fingerprint density at radius 3 is 3.18 bits per heavy atom. The zero-order valence-electron chi connectivity index (χ0n) is 9.61. The standard InChI is InChI=1S/C14H15NO2/c16-13-10-5-1-2-6-11(10)14-8-9(12(14)15-13)4-3-7-17-14/h1-2,5-6,9,12H,3-4,7-8H2,(H,15,16)/t9-,12+,14-/m1/s1. The van der Waals surface area contributed by atoms with E-state index < -0.39 is 0 Å². The third-order valence-corrected chi connectivity index (χ3v) is 4.53. The fraction of sp³-hybridized carbons (Fsp3) is 0.500. The van der Waals surface area contributed by atoms with Gasteiger partial charge in [-0.1, -0.05) is 18.2 Å². The molecule has 0 aromatic heterocycles. The van der Waals surface area contributed by atoms with Crippen LogP contribution in [-0.2, 0) is 10.3 Å². The maximum atomic E-state index is 12.0. The molecule has 3 nitrogen and oxygen atoms in total. The van der Waals surface area contributed by atoms with E-state index in [1.807, 2.05) is 18.2 Å². The first-order valence-electron chi connectivity index (χ1n) is 6.36. The first kappa shape index (κ1) is 9.66. The Hall–Kier alpha value is -1.35. The Bertz CT molecular complexity index is 495. The Morgan fingerprint density at radius 1 is 1.35 bits per heavy atom. The Labute approximate surface area is 100 Å². The summed E-state index contributed by atoms with van der Waals surface area (Å²) >= 11 is 0. The highest BCUT2D eigenvalue weighted by Gasteiger charge is 2.60. The summed E-state index contributed by atoms with van der Waals surface area (Å²) in [5.74, 6) is 0.672. The number of amides is 1. The second-order valence-electron chi connectivity index (χ2n) is 5.34. The van der Waals surface area contributed by atoms with Gasteiger partial charge in [0, 0.05) is 12.2 Å². The van der Waals surface area contributed by atoms with E-state index >= 15 is 0 Å². The van der Waals surface area contributed by atoms with Gasteiger partial charge in [0.2, 0.25) is 0 Å². The van der Waals surface area contributed by atoms with Crippen LogP contribution in [0.1, 0.15) is 35.2 Å². The SMILES string of the molecule is O=C1N[C@H]2[C@@H]3CCCO[C@]2(C3)c2ccccc21. The number of carbonyl (C=O) groups excluding carboxylic acids is 1. The molecule has 1 aromatic rings. The van der Waals surface area contributed by atoms with Crippen LogP contribution in [0.5, 0.6) is 0 Å². The molecule has 1 saturated heterocycles. The molecule has 1 saturated carbocycles. The van der Waals surface area contributed by atoms with Crippen LogP contribution >= 0.6 is 0 Å². The molecule has 0 spiro atoms. The summed E-state index contributed by atoms with van der Waals surface area (Å²) in [6.07, 6.45) is 3.35. The first-order valence-corrected chi connectivity index (χ1v) is 6.36. The lowest BCUT2D eigenvalue weighted by Crippen LogP contribution is -2.67. The predicted octanol–water partition coefficient (Wildman–Crippen LogP) is 1.82. The van der Waals surface area contributed by atoms with Gasteiger partial charge in [0.05, 0.1) is 6.04 Å². The molecule has 88 valence electrons. The number of nitrogens with one attached hydrogen (secondary N) is 1. The van der Waals surface area contributed by atoms with Crippen LogP contribution in [0.3, 0.4) is 0 Å². The molecule has 17 heavy (non-hydrogen) atoms. The fourth-order valence-electron chi connectivity index (χ4n) is 3.73. The van der Waals surface area contributed by atoms with Crippen molar-refractivity contribution in [1.29, 1.82) is 0 Å². The van der Waals surface area contributed by atoms with Gasteiger partial charge in [-0.05, 0) is 36.8 Å². The minimum atomic E-state index is -0.217. The topological polar surface area (TPSA) is 38.3 Å². The summed E-state index contributed by atoms with van der Waals surface area (Å²) in [5.41, 5.74) is 1.68. The van der Waals surface area contributed by atoms with E-state index in [0.717, 1.165) is 30.6 Å². The van der Waals surface area contributed by atoms with Crippen molar-refractivity contribution in [2.24, 2.45) is 5.92 Å². The van der Waals surface area contributed by atoms with Crippen molar-refractivity contribution < 1.29 is 9.53 Å². The highest BCUT2D eigenvalue weighted by Crippen LogP contribution is 2.55. The van der Waals surface area contributed by atoms with Crippen LogP contribution in [0.15, 0.2) is 24.3 Å². The maximum absolute atomic E-state index is 12.0. The second kappa shape index (κ2) is 3.10. The quantitative estimate of drug-likeness (QED) is 0.737. The molecule has 2 bridgehead atoms. The van der Waals surface area contributed by atoms with Crippen molar-refractivity contribution in [2.45, 2.75) is 30.9 Å². The van der Waals surface area contributed by atoms with Crippen LogP contribution in [0.2, 0.25) is 0 Å². The molecule has 3 heteroatoms. The van der Waals surface area contributed by atoms with E-state index in [-0.39, 0.29) is 17.6 Å². The number of hydrogen-bond acceptors (Lipinski definition) is 2. The first-order chi connectivity index (χ1) is 8.31. The van der Waals surface area contributed by atoms with E-state index in [9.17, 15) is 4.79 Å². The minimum absolute atomic E-state index is 0.0661. The summed E-state index contributed by atoms with van der Waals surface area (Å²) < 4.78 is 6.12. The number of hydrogen-bond donors (Lipinski definition) is 1. The lowest BCUT2D eigenvalue weighted by Gasteiger charge is -2.56. The second-order valence-corrected chi connectivity index (χ2v) is 5.34. The van der Waals surface area contributed by atoms with Gasteiger partial charge in [0.25, 0.3) is 5.91 Å². The van der Waals surface area contributed by atoms with Crippen LogP contribution in [-0.4, -0.2) is 18.6 Å². The number of carbonyl (C=O) groups is 1. The molecule has 3 atom stereocenters. The van der Waals surface area contributed by atoms with E-state index in [2.05, 4.69) is 11.4 Å². The van der Waals surface area contributed by atoms with Crippen molar-refractivity contribution in [3.63, 3.8) is 0 Å². The molecule has 2 aliphatic heterocycles. The summed E-state index contributed by atoms with van der Waals surface area (Å²) in [7, 11) is 0. The van der Waals surface area contributed by atoms with E-state index in [0.29, 0.717) is 5.92 Å². The van der Waals surface area contributed by atoms with Gasteiger partial charge in [-0.25, -0.2) is 0 Å². The van der Waals surface area contributed by atoms with Crippen molar-refractivity contribution in [3.8, 4) is 0 Å². The molecule has 1 aromatic carbocycles. The fourth-order valence-corrected chi connectivity index (χ4v) is 3.73. The van der Waals surface area contributed by atoms with Crippen LogP contribution in [0.4, 0.5) is 0 Å². The van der Waals surface area contributed by atoms with Gasteiger partial charge >= 0.3 is 0 Å². The molecule has 3 aliphatic rings. The smallest absolute Gasteiger partial charge is 0.252 e. The molecule has 1 N–H and O–H groups in total. The minimum Gasteiger partial charge on any atom is -0.368 e. The van der Waals surface area contributed by atoms with Crippen LogP contribution < -0.4 is 5.32 Å². The van der Waals surface area contributed by atoms with E-state index in [4.69, 9.17) is 4.74 Å².